The van der Waals surface area contributed by atoms with Crippen molar-refractivity contribution in [2.45, 2.75) is 19.9 Å². The van der Waals surface area contributed by atoms with Crippen LogP contribution >= 0.6 is 11.6 Å². The third-order valence-corrected chi connectivity index (χ3v) is 3.65. The molecule has 1 amide bonds. The summed E-state index contributed by atoms with van der Waals surface area (Å²) in [5, 5.41) is 6.56. The second kappa shape index (κ2) is 5.16. The summed E-state index contributed by atoms with van der Waals surface area (Å²) in [6.45, 7) is 5.95. The molecule has 2 N–H and O–H groups in total. The van der Waals surface area contributed by atoms with Crippen molar-refractivity contribution in [1.82, 2.24) is 5.32 Å². The van der Waals surface area contributed by atoms with Crippen LogP contribution in [0.2, 0.25) is 5.02 Å². The fourth-order valence-electron chi connectivity index (χ4n) is 2.36. The molecule has 98 valence electrons. The summed E-state index contributed by atoms with van der Waals surface area (Å²) in [7, 11) is 1.77. The first-order valence-electron chi connectivity index (χ1n) is 6.18. The highest BCUT2D eigenvalue weighted by atomic mass is 35.5. The average Bonchev–Trinajstić information content (AvgIpc) is 2.65. The Kier molecular flexibility index (Phi) is 3.78. The van der Waals surface area contributed by atoms with Crippen molar-refractivity contribution in [1.29, 1.82) is 0 Å². The van der Waals surface area contributed by atoms with E-state index in [9.17, 15) is 4.79 Å². The standard InChI is InChI=1S/C13H18ClN3O/c1-4-17(5-2)11-7-10-8(6-9(11)14)12(15-3)13(18)16-10/h6-7,12,15H,4-5H2,1-3H3,(H,16,18). The van der Waals surface area contributed by atoms with E-state index in [1.54, 1.807) is 7.05 Å². The number of anilines is 2. The molecule has 0 saturated carbocycles. The van der Waals surface area contributed by atoms with Gasteiger partial charge in [0.25, 0.3) is 0 Å². The highest BCUT2D eigenvalue weighted by Crippen LogP contribution is 2.38. The van der Waals surface area contributed by atoms with Crippen LogP contribution in [0.3, 0.4) is 0 Å². The summed E-state index contributed by atoms with van der Waals surface area (Å²) in [4.78, 5) is 13.9. The molecule has 1 atom stereocenters. The Balaban J connectivity index is 2.45. The van der Waals surface area contributed by atoms with Gasteiger partial charge >= 0.3 is 0 Å². The predicted molar refractivity (Wildman–Crippen MR) is 75.4 cm³/mol. The van der Waals surface area contributed by atoms with E-state index >= 15 is 0 Å². The Morgan fingerprint density at radius 1 is 1.39 bits per heavy atom. The minimum Gasteiger partial charge on any atom is -0.371 e. The van der Waals surface area contributed by atoms with E-state index in [4.69, 9.17) is 11.6 Å². The van der Waals surface area contributed by atoms with Gasteiger partial charge in [0.15, 0.2) is 0 Å². The van der Waals surface area contributed by atoms with E-state index in [2.05, 4.69) is 29.4 Å². The van der Waals surface area contributed by atoms with Crippen LogP contribution in [0.5, 0.6) is 0 Å². The first kappa shape index (κ1) is 13.2. The van der Waals surface area contributed by atoms with Gasteiger partial charge in [-0.15, -0.1) is 0 Å². The fourth-order valence-corrected chi connectivity index (χ4v) is 2.66. The Morgan fingerprint density at radius 2 is 2.06 bits per heavy atom. The number of carbonyl (C=O) groups is 1. The summed E-state index contributed by atoms with van der Waals surface area (Å²) >= 11 is 6.32. The maximum atomic E-state index is 11.8. The van der Waals surface area contributed by atoms with Gasteiger partial charge in [0.05, 0.1) is 10.7 Å². The number of likely N-dealkylation sites (N-methyl/N-ethyl adjacent to an activating group) is 1. The molecule has 2 rings (SSSR count). The molecular weight excluding hydrogens is 250 g/mol. The number of carbonyl (C=O) groups excluding carboxylic acids is 1. The maximum absolute atomic E-state index is 11.8. The number of amides is 1. The van der Waals surface area contributed by atoms with Crippen LogP contribution in [0.1, 0.15) is 25.5 Å². The maximum Gasteiger partial charge on any atom is 0.246 e. The van der Waals surface area contributed by atoms with Crippen molar-refractivity contribution >= 4 is 28.9 Å². The number of hydrogen-bond acceptors (Lipinski definition) is 3. The van der Waals surface area contributed by atoms with Gasteiger partial charge in [0, 0.05) is 24.3 Å². The van der Waals surface area contributed by atoms with E-state index in [1.165, 1.54) is 0 Å². The molecule has 0 spiro atoms. The minimum absolute atomic E-state index is 0.0275. The molecule has 1 aromatic carbocycles. The predicted octanol–water partition coefficient (Wildman–Crippen LogP) is 2.40. The second-order valence-corrected chi connectivity index (χ2v) is 4.68. The molecular formula is C13H18ClN3O. The number of fused-ring (bicyclic) bond motifs is 1. The highest BCUT2D eigenvalue weighted by molar-refractivity contribution is 6.33. The third-order valence-electron chi connectivity index (χ3n) is 3.34. The summed E-state index contributed by atoms with van der Waals surface area (Å²) in [5.74, 6) is -0.0275. The lowest BCUT2D eigenvalue weighted by Crippen LogP contribution is -2.23. The zero-order chi connectivity index (χ0) is 13.3. The zero-order valence-corrected chi connectivity index (χ0v) is 11.6. The summed E-state index contributed by atoms with van der Waals surface area (Å²) in [6.07, 6.45) is 0. The third kappa shape index (κ3) is 2.06. The molecule has 4 nitrogen and oxygen atoms in total. The van der Waals surface area contributed by atoms with Gasteiger partial charge in [-0.05, 0) is 33.0 Å². The van der Waals surface area contributed by atoms with Crippen LogP contribution in [-0.4, -0.2) is 26.0 Å². The van der Waals surface area contributed by atoms with Gasteiger partial charge in [-0.3, -0.25) is 4.79 Å². The SMILES string of the molecule is CCN(CC)c1cc2c(cc1Cl)C(NC)C(=O)N2. The molecule has 1 aliphatic heterocycles. The number of benzene rings is 1. The molecule has 0 fully saturated rings. The van der Waals surface area contributed by atoms with Crippen LogP contribution in [-0.2, 0) is 4.79 Å². The molecule has 0 bridgehead atoms. The van der Waals surface area contributed by atoms with Crippen LogP contribution in [0.25, 0.3) is 0 Å². The van der Waals surface area contributed by atoms with Crippen molar-refractivity contribution in [3.8, 4) is 0 Å². The van der Waals surface area contributed by atoms with E-state index in [0.29, 0.717) is 5.02 Å². The molecule has 1 aliphatic rings. The van der Waals surface area contributed by atoms with Crippen molar-refractivity contribution in [3.05, 3.63) is 22.7 Å². The van der Waals surface area contributed by atoms with Gasteiger partial charge in [-0.2, -0.15) is 0 Å². The van der Waals surface area contributed by atoms with Crippen molar-refractivity contribution in [3.63, 3.8) is 0 Å². The number of halogens is 1. The monoisotopic (exact) mass is 267 g/mol. The number of nitrogens with one attached hydrogen (secondary N) is 2. The molecule has 5 heteroatoms. The Morgan fingerprint density at radius 3 is 2.61 bits per heavy atom. The molecule has 1 heterocycles. The minimum atomic E-state index is -0.303. The smallest absolute Gasteiger partial charge is 0.246 e. The van der Waals surface area contributed by atoms with Gasteiger partial charge in [-0.1, -0.05) is 11.6 Å². The van der Waals surface area contributed by atoms with E-state index in [-0.39, 0.29) is 11.9 Å². The Labute approximate surface area is 112 Å². The summed E-state index contributed by atoms with van der Waals surface area (Å²) in [6, 6.07) is 3.53. The first-order chi connectivity index (χ1) is 8.62. The lowest BCUT2D eigenvalue weighted by Gasteiger charge is -2.23. The Hall–Kier alpha value is -1.26. The lowest BCUT2D eigenvalue weighted by atomic mass is 10.1. The molecule has 0 aromatic heterocycles. The van der Waals surface area contributed by atoms with Crippen LogP contribution < -0.4 is 15.5 Å². The largest absolute Gasteiger partial charge is 0.371 e. The fraction of sp³-hybridized carbons (Fsp3) is 0.462. The number of rotatable bonds is 4. The summed E-state index contributed by atoms with van der Waals surface area (Å²) < 4.78 is 0. The summed E-state index contributed by atoms with van der Waals surface area (Å²) in [5.41, 5.74) is 2.74. The Bertz CT molecular complexity index is 472. The first-order valence-corrected chi connectivity index (χ1v) is 6.56. The molecule has 0 radical (unpaired) electrons. The highest BCUT2D eigenvalue weighted by Gasteiger charge is 2.30. The van der Waals surface area contributed by atoms with Gasteiger partial charge in [-0.25, -0.2) is 0 Å². The van der Waals surface area contributed by atoms with Crippen molar-refractivity contribution in [2.24, 2.45) is 0 Å². The molecule has 1 aromatic rings. The quantitative estimate of drug-likeness (QED) is 0.881. The molecule has 18 heavy (non-hydrogen) atoms. The molecule has 0 aliphatic carbocycles. The normalized spacial score (nSPS) is 17.6. The van der Waals surface area contributed by atoms with Crippen LogP contribution in [0.4, 0.5) is 11.4 Å². The average molecular weight is 268 g/mol. The van der Waals surface area contributed by atoms with E-state index < -0.39 is 0 Å². The van der Waals surface area contributed by atoms with Crippen LogP contribution in [0, 0.1) is 0 Å². The van der Waals surface area contributed by atoms with Gasteiger partial charge < -0.3 is 15.5 Å². The second-order valence-electron chi connectivity index (χ2n) is 4.27. The number of hydrogen-bond donors (Lipinski definition) is 2. The zero-order valence-electron chi connectivity index (χ0n) is 10.9. The van der Waals surface area contributed by atoms with Crippen molar-refractivity contribution < 1.29 is 4.79 Å². The topological polar surface area (TPSA) is 44.4 Å². The lowest BCUT2D eigenvalue weighted by molar-refractivity contribution is -0.117. The van der Waals surface area contributed by atoms with Crippen molar-refractivity contribution in [2.75, 3.05) is 30.4 Å². The number of nitrogens with zero attached hydrogens (tertiary/aromatic N) is 1. The molecule has 1 unspecified atom stereocenters. The van der Waals surface area contributed by atoms with Crippen LogP contribution in [0.15, 0.2) is 12.1 Å². The molecule has 0 saturated heterocycles. The van der Waals surface area contributed by atoms with Gasteiger partial charge in [0.1, 0.15) is 6.04 Å². The van der Waals surface area contributed by atoms with E-state index in [0.717, 1.165) is 30.0 Å². The van der Waals surface area contributed by atoms with Gasteiger partial charge in [0.2, 0.25) is 5.91 Å². The van der Waals surface area contributed by atoms with E-state index in [1.807, 2.05) is 12.1 Å².